The molecule has 0 amide bonds. The van der Waals surface area contributed by atoms with Crippen molar-refractivity contribution < 1.29 is 31.1 Å². The molecule has 0 radical (unpaired) electrons. The van der Waals surface area contributed by atoms with Gasteiger partial charge in [0.15, 0.2) is 0 Å². The topological polar surface area (TPSA) is 35.2 Å². The molecule has 0 aromatic heterocycles. The van der Waals surface area contributed by atoms with E-state index in [1.54, 1.807) is 0 Å². The van der Waals surface area contributed by atoms with Crippen molar-refractivity contribution in [2.24, 2.45) is 5.73 Å². The molecule has 2 aromatic rings. The van der Waals surface area contributed by atoms with Crippen LogP contribution in [0.4, 0.5) is 26.3 Å². The van der Waals surface area contributed by atoms with E-state index in [2.05, 4.69) is 4.74 Å². The highest BCUT2D eigenvalue weighted by molar-refractivity contribution is 5.37. The van der Waals surface area contributed by atoms with Gasteiger partial charge >= 0.3 is 12.5 Å². The van der Waals surface area contributed by atoms with Gasteiger partial charge in [-0.3, -0.25) is 0 Å². The van der Waals surface area contributed by atoms with Crippen LogP contribution in [0.3, 0.4) is 0 Å². The van der Waals surface area contributed by atoms with Gasteiger partial charge in [-0.2, -0.15) is 13.2 Å². The van der Waals surface area contributed by atoms with Crippen molar-refractivity contribution >= 4 is 0 Å². The summed E-state index contributed by atoms with van der Waals surface area (Å²) in [6.07, 6.45) is -9.31. The van der Waals surface area contributed by atoms with Gasteiger partial charge in [0.1, 0.15) is 5.75 Å². The second-order valence-corrected chi connectivity index (χ2v) is 4.72. The van der Waals surface area contributed by atoms with Crippen molar-refractivity contribution in [1.82, 2.24) is 0 Å². The van der Waals surface area contributed by atoms with Crippen LogP contribution in [0.25, 0.3) is 0 Å². The highest BCUT2D eigenvalue weighted by atomic mass is 19.4. The smallest absolute Gasteiger partial charge is 0.406 e. The van der Waals surface area contributed by atoms with Crippen LogP contribution in [0.1, 0.15) is 22.7 Å². The maximum atomic E-state index is 12.7. The Morgan fingerprint density at radius 1 is 0.826 bits per heavy atom. The van der Waals surface area contributed by atoms with Gasteiger partial charge in [0.25, 0.3) is 0 Å². The molecule has 0 aliphatic heterocycles. The first-order valence-corrected chi connectivity index (χ1v) is 6.35. The fourth-order valence-corrected chi connectivity index (χ4v) is 1.98. The Hall–Kier alpha value is -2.22. The second-order valence-electron chi connectivity index (χ2n) is 4.72. The van der Waals surface area contributed by atoms with Gasteiger partial charge in [-0.05, 0) is 35.4 Å². The minimum Gasteiger partial charge on any atom is -0.406 e. The summed E-state index contributed by atoms with van der Waals surface area (Å²) in [7, 11) is 0. The van der Waals surface area contributed by atoms with Crippen molar-refractivity contribution in [3.05, 3.63) is 65.2 Å². The number of hydrogen-bond acceptors (Lipinski definition) is 2. The van der Waals surface area contributed by atoms with E-state index < -0.39 is 29.9 Å². The fourth-order valence-electron chi connectivity index (χ4n) is 1.98. The van der Waals surface area contributed by atoms with E-state index in [4.69, 9.17) is 5.73 Å². The zero-order valence-corrected chi connectivity index (χ0v) is 11.4. The minimum absolute atomic E-state index is 0.198. The molecule has 0 saturated heterocycles. The Balaban J connectivity index is 2.22. The molecular formula is C15H11F6NO. The highest BCUT2D eigenvalue weighted by Gasteiger charge is 2.32. The molecule has 2 rings (SSSR count). The molecule has 0 bridgehead atoms. The Kier molecular flexibility index (Phi) is 4.56. The standard InChI is InChI=1S/C15H11F6NO/c16-14(17,18)11-3-1-2-10(8-11)13(22)9-4-6-12(7-5-9)23-15(19,20)21/h1-8,13H,22H2/t13-/m1/s1. The van der Waals surface area contributed by atoms with E-state index >= 15 is 0 Å². The Labute approximate surface area is 127 Å². The van der Waals surface area contributed by atoms with Crippen LogP contribution in [-0.2, 0) is 6.18 Å². The lowest BCUT2D eigenvalue weighted by Gasteiger charge is -2.16. The average Bonchev–Trinajstić information content (AvgIpc) is 2.45. The Morgan fingerprint density at radius 3 is 1.96 bits per heavy atom. The molecule has 1 atom stereocenters. The maximum Gasteiger partial charge on any atom is 0.573 e. The lowest BCUT2D eigenvalue weighted by Crippen LogP contribution is -2.17. The number of halogens is 6. The quantitative estimate of drug-likeness (QED) is 0.829. The van der Waals surface area contributed by atoms with Crippen LogP contribution in [0.15, 0.2) is 48.5 Å². The van der Waals surface area contributed by atoms with Crippen LogP contribution < -0.4 is 10.5 Å². The van der Waals surface area contributed by atoms with Crippen molar-refractivity contribution in [3.8, 4) is 5.75 Å². The molecule has 0 spiro atoms. The third-order valence-corrected chi connectivity index (χ3v) is 3.05. The highest BCUT2D eigenvalue weighted by Crippen LogP contribution is 2.32. The summed E-state index contributed by atoms with van der Waals surface area (Å²) < 4.78 is 78.0. The van der Waals surface area contributed by atoms with Crippen molar-refractivity contribution in [1.29, 1.82) is 0 Å². The molecule has 0 aliphatic rings. The number of hydrogen-bond donors (Lipinski definition) is 1. The zero-order chi connectivity index (χ0) is 17.3. The third kappa shape index (κ3) is 4.62. The molecular weight excluding hydrogens is 324 g/mol. The van der Waals surface area contributed by atoms with Crippen LogP contribution in [0.5, 0.6) is 5.75 Å². The van der Waals surface area contributed by atoms with E-state index in [0.717, 1.165) is 24.3 Å². The Bertz CT molecular complexity index is 663. The van der Waals surface area contributed by atoms with Gasteiger partial charge in [0.05, 0.1) is 11.6 Å². The summed E-state index contributed by atoms with van der Waals surface area (Å²) in [5.74, 6) is -0.433. The molecule has 0 aliphatic carbocycles. The number of alkyl halides is 6. The van der Waals surface area contributed by atoms with Gasteiger partial charge < -0.3 is 10.5 Å². The summed E-state index contributed by atoms with van der Waals surface area (Å²) >= 11 is 0. The minimum atomic E-state index is -4.81. The molecule has 2 N–H and O–H groups in total. The third-order valence-electron chi connectivity index (χ3n) is 3.05. The predicted octanol–water partition coefficient (Wildman–Crippen LogP) is 4.65. The normalized spacial score (nSPS) is 13.7. The van der Waals surface area contributed by atoms with Gasteiger partial charge in [0, 0.05) is 0 Å². The van der Waals surface area contributed by atoms with E-state index in [0.29, 0.717) is 5.56 Å². The Morgan fingerprint density at radius 2 is 1.43 bits per heavy atom. The molecule has 8 heteroatoms. The number of rotatable bonds is 3. The van der Waals surface area contributed by atoms with Gasteiger partial charge in [-0.15, -0.1) is 13.2 Å². The fraction of sp³-hybridized carbons (Fsp3) is 0.200. The number of ether oxygens (including phenoxy) is 1. The number of benzene rings is 2. The largest absolute Gasteiger partial charge is 0.573 e. The predicted molar refractivity (Wildman–Crippen MR) is 70.6 cm³/mol. The van der Waals surface area contributed by atoms with Gasteiger partial charge in [-0.1, -0.05) is 24.3 Å². The zero-order valence-electron chi connectivity index (χ0n) is 11.4. The monoisotopic (exact) mass is 335 g/mol. The van der Waals surface area contributed by atoms with E-state index in [1.165, 1.54) is 24.3 Å². The van der Waals surface area contributed by atoms with E-state index in [1.807, 2.05) is 0 Å². The second kappa shape index (κ2) is 6.11. The van der Waals surface area contributed by atoms with Crippen LogP contribution in [0, 0.1) is 0 Å². The molecule has 124 valence electrons. The van der Waals surface area contributed by atoms with E-state index in [9.17, 15) is 26.3 Å². The van der Waals surface area contributed by atoms with Crippen LogP contribution in [-0.4, -0.2) is 6.36 Å². The van der Waals surface area contributed by atoms with Crippen LogP contribution in [0.2, 0.25) is 0 Å². The van der Waals surface area contributed by atoms with Gasteiger partial charge in [0.2, 0.25) is 0 Å². The molecule has 2 aromatic carbocycles. The molecule has 0 saturated carbocycles. The molecule has 0 unspecified atom stereocenters. The SMILES string of the molecule is N[C@H](c1ccc(OC(F)(F)F)cc1)c1cccc(C(F)(F)F)c1. The van der Waals surface area contributed by atoms with E-state index in [-0.39, 0.29) is 5.56 Å². The first kappa shape index (κ1) is 17.1. The summed E-state index contributed by atoms with van der Waals surface area (Å²) in [5.41, 5.74) is 5.59. The van der Waals surface area contributed by atoms with Gasteiger partial charge in [-0.25, -0.2) is 0 Å². The van der Waals surface area contributed by atoms with Crippen molar-refractivity contribution in [2.75, 3.05) is 0 Å². The molecule has 2 nitrogen and oxygen atoms in total. The first-order chi connectivity index (χ1) is 10.6. The summed E-state index contributed by atoms with van der Waals surface area (Å²) in [5, 5.41) is 0. The summed E-state index contributed by atoms with van der Waals surface area (Å²) in [4.78, 5) is 0. The van der Waals surface area contributed by atoms with Crippen LogP contribution >= 0.6 is 0 Å². The lowest BCUT2D eigenvalue weighted by molar-refractivity contribution is -0.274. The lowest BCUT2D eigenvalue weighted by atomic mass is 9.98. The summed E-state index contributed by atoms with van der Waals surface area (Å²) in [6, 6.07) is 8.20. The van der Waals surface area contributed by atoms with Crippen molar-refractivity contribution in [2.45, 2.75) is 18.6 Å². The summed E-state index contributed by atoms with van der Waals surface area (Å²) in [6.45, 7) is 0. The number of nitrogens with two attached hydrogens (primary N) is 1. The first-order valence-electron chi connectivity index (χ1n) is 6.35. The molecule has 0 fully saturated rings. The molecule has 0 heterocycles. The van der Waals surface area contributed by atoms with Crippen molar-refractivity contribution in [3.63, 3.8) is 0 Å². The molecule has 23 heavy (non-hydrogen) atoms. The maximum absolute atomic E-state index is 12.7. The average molecular weight is 335 g/mol.